The molecule has 0 saturated heterocycles. The standard InChI is InChI=1S/C14H13N3O4/c1-9-3-4-11(7-13(9)17(19)20)8-15-16-14(18)12-5-6-21-10(12)2/h3-8H,1-2H3,(H,16,18)/b15-8-. The maximum absolute atomic E-state index is 11.8. The SMILES string of the molecule is Cc1ccc(/C=N\NC(=O)c2ccoc2C)cc1[N+](=O)[O-]. The molecule has 0 saturated carbocycles. The molecule has 7 heteroatoms. The highest BCUT2D eigenvalue weighted by atomic mass is 16.6. The summed E-state index contributed by atoms with van der Waals surface area (Å²) in [6.07, 6.45) is 2.76. The first-order valence-corrected chi connectivity index (χ1v) is 6.11. The number of nitrogens with zero attached hydrogens (tertiary/aromatic N) is 2. The summed E-state index contributed by atoms with van der Waals surface area (Å²) in [7, 11) is 0. The molecular formula is C14H13N3O4. The highest BCUT2D eigenvalue weighted by Gasteiger charge is 2.11. The van der Waals surface area contributed by atoms with Crippen LogP contribution in [0.5, 0.6) is 0 Å². The van der Waals surface area contributed by atoms with Gasteiger partial charge in [-0.25, -0.2) is 5.43 Å². The number of hydrogen-bond donors (Lipinski definition) is 1. The summed E-state index contributed by atoms with van der Waals surface area (Å²) in [6, 6.07) is 6.24. The minimum absolute atomic E-state index is 0.0101. The molecule has 1 N–H and O–H groups in total. The Morgan fingerprint density at radius 3 is 2.76 bits per heavy atom. The Hall–Kier alpha value is -2.96. The van der Waals surface area contributed by atoms with Crippen LogP contribution >= 0.6 is 0 Å². The third kappa shape index (κ3) is 3.33. The molecule has 1 amide bonds. The second-order valence-electron chi connectivity index (χ2n) is 4.39. The van der Waals surface area contributed by atoms with Gasteiger partial charge in [-0.1, -0.05) is 12.1 Å². The van der Waals surface area contributed by atoms with Crippen LogP contribution in [0.1, 0.15) is 27.2 Å². The van der Waals surface area contributed by atoms with Crippen molar-refractivity contribution in [3.8, 4) is 0 Å². The Kier molecular flexibility index (Phi) is 4.13. The van der Waals surface area contributed by atoms with Crippen LogP contribution in [0.25, 0.3) is 0 Å². The summed E-state index contributed by atoms with van der Waals surface area (Å²) >= 11 is 0. The molecule has 21 heavy (non-hydrogen) atoms. The zero-order chi connectivity index (χ0) is 15.4. The predicted octanol–water partition coefficient (Wildman–Crippen LogP) is 2.57. The van der Waals surface area contributed by atoms with Crippen molar-refractivity contribution in [1.82, 2.24) is 5.43 Å². The van der Waals surface area contributed by atoms with Gasteiger partial charge in [-0.05, 0) is 19.9 Å². The van der Waals surface area contributed by atoms with Gasteiger partial charge < -0.3 is 4.42 Å². The summed E-state index contributed by atoms with van der Waals surface area (Å²) in [5.74, 6) is 0.0905. The van der Waals surface area contributed by atoms with Gasteiger partial charge in [0.25, 0.3) is 11.6 Å². The minimum Gasteiger partial charge on any atom is -0.469 e. The molecule has 1 aromatic heterocycles. The van der Waals surface area contributed by atoms with Crippen molar-refractivity contribution in [1.29, 1.82) is 0 Å². The lowest BCUT2D eigenvalue weighted by Gasteiger charge is -1.99. The van der Waals surface area contributed by atoms with E-state index < -0.39 is 10.8 Å². The van der Waals surface area contributed by atoms with Crippen LogP contribution in [0, 0.1) is 24.0 Å². The summed E-state index contributed by atoms with van der Waals surface area (Å²) < 4.78 is 5.02. The van der Waals surface area contributed by atoms with Crippen LogP contribution in [0.15, 0.2) is 40.0 Å². The number of nitro groups is 1. The van der Waals surface area contributed by atoms with Gasteiger partial charge in [0.15, 0.2) is 0 Å². The van der Waals surface area contributed by atoms with Gasteiger partial charge in [-0.15, -0.1) is 0 Å². The fraction of sp³-hybridized carbons (Fsp3) is 0.143. The number of carbonyl (C=O) groups excluding carboxylic acids is 1. The average molecular weight is 287 g/mol. The van der Waals surface area contributed by atoms with E-state index in [-0.39, 0.29) is 5.69 Å². The molecule has 2 rings (SSSR count). The van der Waals surface area contributed by atoms with Crippen molar-refractivity contribution in [3.05, 3.63) is 63.1 Å². The largest absolute Gasteiger partial charge is 0.469 e. The number of nitrogens with one attached hydrogen (secondary N) is 1. The molecule has 1 aromatic carbocycles. The smallest absolute Gasteiger partial charge is 0.274 e. The van der Waals surface area contributed by atoms with Crippen LogP contribution in [-0.2, 0) is 0 Å². The van der Waals surface area contributed by atoms with Crippen LogP contribution in [0.4, 0.5) is 5.69 Å². The van der Waals surface area contributed by atoms with Gasteiger partial charge in [0.1, 0.15) is 5.76 Å². The summed E-state index contributed by atoms with van der Waals surface area (Å²) in [5.41, 5.74) is 3.83. The van der Waals surface area contributed by atoms with E-state index in [1.807, 2.05) is 0 Å². The number of amides is 1. The molecule has 0 bridgehead atoms. The average Bonchev–Trinajstić information content (AvgIpc) is 2.86. The van der Waals surface area contributed by atoms with Crippen LogP contribution < -0.4 is 5.43 Å². The highest BCUT2D eigenvalue weighted by molar-refractivity contribution is 5.95. The predicted molar refractivity (Wildman–Crippen MR) is 76.3 cm³/mol. The molecule has 0 atom stereocenters. The van der Waals surface area contributed by atoms with Gasteiger partial charge in [0, 0.05) is 17.2 Å². The first-order chi connectivity index (χ1) is 9.99. The van der Waals surface area contributed by atoms with E-state index in [9.17, 15) is 14.9 Å². The van der Waals surface area contributed by atoms with Crippen molar-refractivity contribution >= 4 is 17.8 Å². The first-order valence-electron chi connectivity index (χ1n) is 6.11. The Labute approximate surface area is 120 Å². The van der Waals surface area contributed by atoms with Crippen LogP contribution in [0.3, 0.4) is 0 Å². The van der Waals surface area contributed by atoms with Crippen molar-refractivity contribution < 1.29 is 14.1 Å². The van der Waals surface area contributed by atoms with E-state index in [1.165, 1.54) is 24.6 Å². The van der Waals surface area contributed by atoms with Crippen molar-refractivity contribution in [2.75, 3.05) is 0 Å². The number of hydrogen-bond acceptors (Lipinski definition) is 5. The third-order valence-electron chi connectivity index (χ3n) is 2.91. The second-order valence-corrected chi connectivity index (χ2v) is 4.39. The second kappa shape index (κ2) is 6.00. The number of benzene rings is 1. The highest BCUT2D eigenvalue weighted by Crippen LogP contribution is 2.18. The molecule has 2 aromatic rings. The molecule has 0 fully saturated rings. The lowest BCUT2D eigenvalue weighted by Crippen LogP contribution is -2.17. The number of furan rings is 1. The molecular weight excluding hydrogens is 274 g/mol. The Bertz CT molecular complexity index is 719. The fourth-order valence-corrected chi connectivity index (χ4v) is 1.75. The maximum atomic E-state index is 11.8. The van der Waals surface area contributed by atoms with E-state index in [0.717, 1.165) is 0 Å². The summed E-state index contributed by atoms with van der Waals surface area (Å²) in [6.45, 7) is 3.32. The number of aryl methyl sites for hydroxylation is 2. The Morgan fingerprint density at radius 2 is 2.14 bits per heavy atom. The van der Waals surface area contributed by atoms with Crippen molar-refractivity contribution in [2.24, 2.45) is 5.10 Å². The number of carbonyl (C=O) groups is 1. The number of nitro benzene ring substituents is 1. The van der Waals surface area contributed by atoms with Gasteiger partial charge in [-0.3, -0.25) is 14.9 Å². The molecule has 0 unspecified atom stereocenters. The zero-order valence-electron chi connectivity index (χ0n) is 11.5. The Balaban J connectivity index is 2.08. The zero-order valence-corrected chi connectivity index (χ0v) is 11.5. The number of hydrazone groups is 1. The van der Waals surface area contributed by atoms with Crippen molar-refractivity contribution in [3.63, 3.8) is 0 Å². The van der Waals surface area contributed by atoms with Crippen LogP contribution in [-0.4, -0.2) is 17.0 Å². The van der Waals surface area contributed by atoms with E-state index in [1.54, 1.807) is 26.0 Å². The van der Waals surface area contributed by atoms with E-state index >= 15 is 0 Å². The lowest BCUT2D eigenvalue weighted by atomic mass is 10.1. The minimum atomic E-state index is -0.458. The molecule has 0 spiro atoms. The quantitative estimate of drug-likeness (QED) is 0.530. The lowest BCUT2D eigenvalue weighted by molar-refractivity contribution is -0.385. The van der Waals surface area contributed by atoms with Crippen molar-refractivity contribution in [2.45, 2.75) is 13.8 Å². The molecule has 0 radical (unpaired) electrons. The topological polar surface area (TPSA) is 97.7 Å². The van der Waals surface area contributed by atoms with E-state index in [2.05, 4.69) is 10.5 Å². The molecule has 108 valence electrons. The normalized spacial score (nSPS) is 10.8. The molecule has 7 nitrogen and oxygen atoms in total. The van der Waals surface area contributed by atoms with Gasteiger partial charge in [0.05, 0.1) is 23.0 Å². The monoisotopic (exact) mass is 287 g/mol. The Morgan fingerprint density at radius 1 is 1.38 bits per heavy atom. The van der Waals surface area contributed by atoms with Crippen LogP contribution in [0.2, 0.25) is 0 Å². The third-order valence-corrected chi connectivity index (χ3v) is 2.91. The molecule has 0 aliphatic carbocycles. The first kappa shape index (κ1) is 14.4. The molecule has 1 heterocycles. The fourth-order valence-electron chi connectivity index (χ4n) is 1.75. The van der Waals surface area contributed by atoms with Gasteiger partial charge >= 0.3 is 0 Å². The van der Waals surface area contributed by atoms with E-state index in [4.69, 9.17) is 4.42 Å². The molecule has 0 aliphatic rings. The summed E-state index contributed by atoms with van der Waals surface area (Å²) in [4.78, 5) is 22.1. The molecule has 0 aliphatic heterocycles. The number of rotatable bonds is 4. The van der Waals surface area contributed by atoms with Gasteiger partial charge in [-0.2, -0.15) is 5.10 Å². The maximum Gasteiger partial charge on any atom is 0.274 e. The summed E-state index contributed by atoms with van der Waals surface area (Å²) in [5, 5.41) is 14.6. The van der Waals surface area contributed by atoms with Gasteiger partial charge in [0.2, 0.25) is 0 Å². The van der Waals surface area contributed by atoms with E-state index in [0.29, 0.717) is 22.5 Å².